The SMILES string of the molecule is O=NS(N=O)(N=O)c1cccc2cc(S(=O)(=O)O)cc(O)c12. The van der Waals surface area contributed by atoms with E-state index in [0.29, 0.717) is 6.07 Å². The Morgan fingerprint density at radius 2 is 1.55 bits per heavy atom. The Morgan fingerprint density at radius 3 is 2.05 bits per heavy atom. The van der Waals surface area contributed by atoms with E-state index in [4.69, 9.17) is 4.55 Å². The van der Waals surface area contributed by atoms with E-state index in [0.717, 1.165) is 12.1 Å². The van der Waals surface area contributed by atoms with Gasteiger partial charge < -0.3 is 5.11 Å². The fraction of sp³-hybridized carbons (Fsp3) is 0. The summed E-state index contributed by atoms with van der Waals surface area (Å²) in [5, 5.41) is 9.82. The summed E-state index contributed by atoms with van der Waals surface area (Å²) in [5.74, 6) is -0.687. The van der Waals surface area contributed by atoms with Gasteiger partial charge in [-0.1, -0.05) is 12.1 Å². The Bertz CT molecular complexity index is 875. The maximum atomic E-state index is 11.1. The smallest absolute Gasteiger partial charge is 0.294 e. The van der Waals surface area contributed by atoms with Gasteiger partial charge in [0.2, 0.25) is 0 Å². The second-order valence-corrected chi connectivity index (χ2v) is 7.36. The molecule has 0 atom stereocenters. The molecule has 0 fully saturated rings. The third-order valence-electron chi connectivity index (χ3n) is 2.80. The van der Waals surface area contributed by atoms with Gasteiger partial charge in [0, 0.05) is 25.2 Å². The Hall–Kier alpha value is -2.44. The number of phenolic OH excluding ortho intramolecular Hbond substituents is 1. The van der Waals surface area contributed by atoms with Crippen LogP contribution in [0.25, 0.3) is 10.8 Å². The van der Waals surface area contributed by atoms with Crippen LogP contribution in [0, 0.1) is 14.7 Å². The van der Waals surface area contributed by atoms with E-state index in [1.54, 1.807) is 0 Å². The Morgan fingerprint density at radius 1 is 0.955 bits per heavy atom. The van der Waals surface area contributed by atoms with Crippen molar-refractivity contribution in [2.24, 2.45) is 13.7 Å². The number of phenols is 1. The van der Waals surface area contributed by atoms with Crippen LogP contribution in [0.4, 0.5) is 0 Å². The number of aromatic hydroxyl groups is 1. The zero-order chi connectivity index (χ0) is 16.5. The molecule has 22 heavy (non-hydrogen) atoms. The topological polar surface area (TPSA) is 163 Å². The van der Waals surface area contributed by atoms with Crippen LogP contribution >= 0.6 is 10.6 Å². The van der Waals surface area contributed by atoms with Gasteiger partial charge in [-0.2, -0.15) is 8.42 Å². The predicted molar refractivity (Wildman–Crippen MR) is 78.7 cm³/mol. The molecule has 0 bridgehead atoms. The van der Waals surface area contributed by atoms with Crippen molar-refractivity contribution in [3.8, 4) is 5.75 Å². The lowest BCUT2D eigenvalue weighted by molar-refractivity contribution is 0.470. The molecule has 0 aliphatic carbocycles. The molecule has 0 spiro atoms. The minimum absolute atomic E-state index is 0.0398. The van der Waals surface area contributed by atoms with Gasteiger partial charge in [0.15, 0.2) is 10.6 Å². The van der Waals surface area contributed by atoms with Crippen molar-refractivity contribution in [1.29, 1.82) is 0 Å². The number of nitrogens with zero attached hydrogens (tertiary/aromatic N) is 3. The van der Waals surface area contributed by atoms with Crippen LogP contribution in [0.1, 0.15) is 0 Å². The summed E-state index contributed by atoms with van der Waals surface area (Å²) in [5.41, 5.74) is 0. The molecule has 2 rings (SSSR count). The quantitative estimate of drug-likeness (QED) is 0.621. The first-order chi connectivity index (χ1) is 10.3. The fourth-order valence-corrected chi connectivity index (χ4v) is 3.50. The van der Waals surface area contributed by atoms with Gasteiger partial charge in [-0.15, -0.1) is 14.7 Å². The third-order valence-corrected chi connectivity index (χ3v) is 5.18. The highest BCUT2D eigenvalue weighted by Crippen LogP contribution is 2.62. The minimum Gasteiger partial charge on any atom is -0.507 e. The molecule has 0 amide bonds. The van der Waals surface area contributed by atoms with Crippen molar-refractivity contribution < 1.29 is 18.1 Å². The molecule has 0 unspecified atom stereocenters. The summed E-state index contributed by atoms with van der Waals surface area (Å²) < 4.78 is 38.4. The van der Waals surface area contributed by atoms with Gasteiger partial charge in [-0.3, -0.25) is 4.55 Å². The van der Waals surface area contributed by atoms with Crippen LogP contribution in [0.2, 0.25) is 0 Å². The molecule has 0 heterocycles. The largest absolute Gasteiger partial charge is 0.507 e. The molecule has 0 saturated heterocycles. The Kier molecular flexibility index (Phi) is 3.91. The molecule has 0 saturated carbocycles. The third kappa shape index (κ3) is 2.43. The van der Waals surface area contributed by atoms with Crippen molar-refractivity contribution in [3.63, 3.8) is 0 Å². The molecule has 0 aliphatic heterocycles. The predicted octanol–water partition coefficient (Wildman–Crippen LogP) is 3.00. The normalized spacial score (nSPS) is 12.8. The summed E-state index contributed by atoms with van der Waals surface area (Å²) in [6.45, 7) is 0. The summed E-state index contributed by atoms with van der Waals surface area (Å²) >= 11 is 0. The van der Waals surface area contributed by atoms with Crippen LogP contribution < -0.4 is 0 Å². The zero-order valence-electron chi connectivity index (χ0n) is 10.5. The van der Waals surface area contributed by atoms with Crippen LogP contribution in [-0.4, -0.2) is 18.1 Å². The number of hydrogen-bond acceptors (Lipinski definition) is 9. The average Bonchev–Trinajstić information content (AvgIpc) is 2.48. The Balaban J connectivity index is 2.94. The van der Waals surface area contributed by atoms with Crippen LogP contribution in [0.3, 0.4) is 0 Å². The highest BCUT2D eigenvalue weighted by atomic mass is 32.3. The van der Waals surface area contributed by atoms with E-state index < -0.39 is 31.3 Å². The van der Waals surface area contributed by atoms with Crippen molar-refractivity contribution in [2.75, 3.05) is 0 Å². The standard InChI is InChI=1S/C10H7N3O7S2/c14-8-5-7(22(18,19)20)4-6-2-1-3-9(10(6)8)21(11-15,12-16)13-17/h1-5,14H,(H,18,19,20). The number of benzene rings is 2. The molecule has 0 radical (unpaired) electrons. The molecule has 116 valence electrons. The van der Waals surface area contributed by atoms with Gasteiger partial charge in [0.25, 0.3) is 10.1 Å². The molecule has 0 aliphatic rings. The first-order valence-electron chi connectivity index (χ1n) is 5.39. The molecule has 2 N–H and O–H groups in total. The van der Waals surface area contributed by atoms with Crippen molar-refractivity contribution >= 4 is 31.5 Å². The molecule has 12 heteroatoms. The average molecular weight is 345 g/mol. The van der Waals surface area contributed by atoms with Crippen LogP contribution in [0.5, 0.6) is 5.75 Å². The van der Waals surface area contributed by atoms with Crippen LogP contribution in [-0.2, 0) is 10.1 Å². The zero-order valence-corrected chi connectivity index (χ0v) is 12.1. The lowest BCUT2D eigenvalue weighted by Gasteiger charge is -2.17. The molecule has 10 nitrogen and oxygen atoms in total. The van der Waals surface area contributed by atoms with E-state index >= 15 is 0 Å². The van der Waals surface area contributed by atoms with E-state index in [-0.39, 0.29) is 15.7 Å². The van der Waals surface area contributed by atoms with Gasteiger partial charge in [-0.05, 0) is 17.5 Å². The lowest BCUT2D eigenvalue weighted by atomic mass is 10.1. The monoisotopic (exact) mass is 345 g/mol. The maximum absolute atomic E-state index is 11.1. The first kappa shape index (κ1) is 15.9. The summed E-state index contributed by atoms with van der Waals surface area (Å²) in [4.78, 5) is 31.6. The van der Waals surface area contributed by atoms with Crippen LogP contribution in [0.15, 0.2) is 53.9 Å². The number of rotatable bonds is 5. The molecule has 2 aromatic carbocycles. The number of fused-ring (bicyclic) bond motifs is 1. The molecule has 0 aromatic heterocycles. The van der Waals surface area contributed by atoms with Crippen molar-refractivity contribution in [3.05, 3.63) is 45.1 Å². The Labute approximate surface area is 124 Å². The van der Waals surface area contributed by atoms with Crippen molar-refractivity contribution in [2.45, 2.75) is 9.79 Å². The van der Waals surface area contributed by atoms with E-state index in [9.17, 15) is 28.2 Å². The van der Waals surface area contributed by atoms with E-state index in [1.807, 2.05) is 0 Å². The molecular formula is C10H7N3O7S2. The van der Waals surface area contributed by atoms with E-state index in [1.165, 1.54) is 12.1 Å². The second-order valence-electron chi connectivity index (χ2n) is 4.01. The summed E-state index contributed by atoms with van der Waals surface area (Å²) in [6.07, 6.45) is 0. The van der Waals surface area contributed by atoms with E-state index in [2.05, 4.69) is 13.7 Å². The van der Waals surface area contributed by atoms with Crippen molar-refractivity contribution in [1.82, 2.24) is 0 Å². The second kappa shape index (κ2) is 5.40. The number of hydrogen-bond donors (Lipinski definition) is 2. The summed E-state index contributed by atoms with van der Waals surface area (Å²) in [6, 6.07) is 5.45. The first-order valence-corrected chi connectivity index (χ1v) is 8.34. The highest BCUT2D eigenvalue weighted by Gasteiger charge is 2.34. The van der Waals surface area contributed by atoms with Gasteiger partial charge in [0.1, 0.15) is 5.75 Å². The molecular weight excluding hydrogens is 338 g/mol. The minimum atomic E-state index is -4.59. The lowest BCUT2D eigenvalue weighted by Crippen LogP contribution is -1.99. The molecule has 2 aromatic rings. The van der Waals surface area contributed by atoms with Gasteiger partial charge in [-0.25, -0.2) is 0 Å². The summed E-state index contributed by atoms with van der Waals surface area (Å²) in [7, 11) is -8.44. The maximum Gasteiger partial charge on any atom is 0.294 e. The highest BCUT2D eigenvalue weighted by molar-refractivity contribution is 8.30. The van der Waals surface area contributed by atoms with Gasteiger partial charge in [0.05, 0.1) is 9.79 Å². The van der Waals surface area contributed by atoms with Gasteiger partial charge >= 0.3 is 0 Å². The number of nitroso groups, excluding NO2 is 3. The fourth-order valence-electron chi connectivity index (χ4n) is 1.88.